The first-order valence-electron chi connectivity index (χ1n) is 8.87. The fraction of sp³-hybridized carbons (Fsp3) is 0.368. The standard InChI is InChI=1S/C19H24N4O5/c1-4-28-14-8-6-5-7-13(14)9-10-15(24)21-22-16(25)11-12-23-17(26)19(2,3)20-18(23)27/h5-10H,4,11-12H2,1-3H3,(H,20,27)(H,21,24)(H,22,25)/b10-9+. The third kappa shape index (κ3) is 5.32. The number of urea groups is 1. The first-order valence-corrected chi connectivity index (χ1v) is 8.87. The summed E-state index contributed by atoms with van der Waals surface area (Å²) in [7, 11) is 0. The lowest BCUT2D eigenvalue weighted by Crippen LogP contribution is -2.43. The van der Waals surface area contributed by atoms with Crippen molar-refractivity contribution < 1.29 is 23.9 Å². The number of nitrogens with zero attached hydrogens (tertiary/aromatic N) is 1. The van der Waals surface area contributed by atoms with Crippen LogP contribution in [0.3, 0.4) is 0 Å². The van der Waals surface area contributed by atoms with E-state index in [0.717, 1.165) is 10.5 Å². The van der Waals surface area contributed by atoms with Crippen LogP contribution in [0, 0.1) is 0 Å². The SMILES string of the molecule is CCOc1ccccc1/C=C/C(=O)NNC(=O)CCN1C(=O)NC(C)(C)C1=O. The largest absolute Gasteiger partial charge is 0.493 e. The third-order valence-corrected chi connectivity index (χ3v) is 3.97. The highest BCUT2D eigenvalue weighted by Crippen LogP contribution is 2.19. The normalized spacial score (nSPS) is 15.5. The second-order valence-electron chi connectivity index (χ2n) is 6.60. The number of carbonyl (C=O) groups is 4. The molecule has 28 heavy (non-hydrogen) atoms. The molecule has 0 aliphatic carbocycles. The van der Waals surface area contributed by atoms with E-state index in [1.54, 1.807) is 32.1 Å². The number of carbonyl (C=O) groups excluding carboxylic acids is 4. The van der Waals surface area contributed by atoms with Crippen LogP contribution in [0.5, 0.6) is 5.75 Å². The van der Waals surface area contributed by atoms with Crippen LogP contribution < -0.4 is 20.9 Å². The summed E-state index contributed by atoms with van der Waals surface area (Å²) in [5.41, 5.74) is 4.24. The zero-order valence-electron chi connectivity index (χ0n) is 16.1. The molecule has 0 spiro atoms. The van der Waals surface area contributed by atoms with Gasteiger partial charge in [0.05, 0.1) is 6.61 Å². The number of imide groups is 1. The molecule has 2 rings (SSSR count). The Morgan fingerprint density at radius 3 is 2.57 bits per heavy atom. The average molecular weight is 388 g/mol. The molecule has 0 unspecified atom stereocenters. The Balaban J connectivity index is 1.79. The molecular formula is C19H24N4O5. The lowest BCUT2D eigenvalue weighted by Gasteiger charge is -2.15. The summed E-state index contributed by atoms with van der Waals surface area (Å²) in [6.45, 7) is 5.46. The topological polar surface area (TPSA) is 117 Å². The Kier molecular flexibility index (Phi) is 6.75. The van der Waals surface area contributed by atoms with Crippen molar-refractivity contribution >= 4 is 29.8 Å². The van der Waals surface area contributed by atoms with Gasteiger partial charge < -0.3 is 10.1 Å². The lowest BCUT2D eigenvalue weighted by atomic mass is 10.1. The molecule has 0 radical (unpaired) electrons. The summed E-state index contributed by atoms with van der Waals surface area (Å²) in [6, 6.07) is 6.70. The summed E-state index contributed by atoms with van der Waals surface area (Å²) in [5, 5.41) is 2.53. The summed E-state index contributed by atoms with van der Waals surface area (Å²) < 4.78 is 5.46. The average Bonchev–Trinajstić information content (AvgIpc) is 2.84. The van der Waals surface area contributed by atoms with Gasteiger partial charge in [0.15, 0.2) is 0 Å². The van der Waals surface area contributed by atoms with E-state index >= 15 is 0 Å². The molecular weight excluding hydrogens is 364 g/mol. The molecule has 1 aromatic carbocycles. The van der Waals surface area contributed by atoms with Crippen LogP contribution >= 0.6 is 0 Å². The van der Waals surface area contributed by atoms with Crippen LogP contribution in [0.15, 0.2) is 30.3 Å². The second kappa shape index (κ2) is 9.03. The van der Waals surface area contributed by atoms with Crippen LogP contribution in [-0.4, -0.2) is 47.3 Å². The van der Waals surface area contributed by atoms with Crippen molar-refractivity contribution in [3.8, 4) is 5.75 Å². The Morgan fingerprint density at radius 2 is 1.93 bits per heavy atom. The van der Waals surface area contributed by atoms with E-state index in [0.29, 0.717) is 12.4 Å². The van der Waals surface area contributed by atoms with E-state index < -0.39 is 29.3 Å². The van der Waals surface area contributed by atoms with Crippen molar-refractivity contribution in [2.45, 2.75) is 32.7 Å². The summed E-state index contributed by atoms with van der Waals surface area (Å²) in [5.74, 6) is -0.808. The van der Waals surface area contributed by atoms with Crippen LogP contribution in [0.2, 0.25) is 0 Å². The van der Waals surface area contributed by atoms with E-state index in [4.69, 9.17) is 4.74 Å². The smallest absolute Gasteiger partial charge is 0.325 e. The van der Waals surface area contributed by atoms with Gasteiger partial charge in [0.25, 0.3) is 11.8 Å². The Hall–Kier alpha value is -3.36. The van der Waals surface area contributed by atoms with Gasteiger partial charge in [-0.05, 0) is 32.9 Å². The molecule has 150 valence electrons. The Bertz CT molecular complexity index is 803. The highest BCUT2D eigenvalue weighted by atomic mass is 16.5. The number of nitrogens with one attached hydrogen (secondary N) is 3. The molecule has 9 nitrogen and oxygen atoms in total. The number of hydrogen-bond acceptors (Lipinski definition) is 5. The molecule has 5 amide bonds. The van der Waals surface area contributed by atoms with Gasteiger partial charge >= 0.3 is 6.03 Å². The maximum atomic E-state index is 12.0. The van der Waals surface area contributed by atoms with Crippen molar-refractivity contribution in [2.75, 3.05) is 13.2 Å². The molecule has 1 saturated heterocycles. The first-order chi connectivity index (χ1) is 13.2. The van der Waals surface area contributed by atoms with E-state index in [1.165, 1.54) is 6.08 Å². The molecule has 1 aliphatic rings. The monoisotopic (exact) mass is 388 g/mol. The van der Waals surface area contributed by atoms with Crippen molar-refractivity contribution in [1.82, 2.24) is 21.1 Å². The highest BCUT2D eigenvalue weighted by molar-refractivity contribution is 6.06. The molecule has 0 bridgehead atoms. The zero-order valence-corrected chi connectivity index (χ0v) is 16.1. The van der Waals surface area contributed by atoms with Gasteiger partial charge in [-0.2, -0.15) is 0 Å². The van der Waals surface area contributed by atoms with Gasteiger partial charge in [0.2, 0.25) is 5.91 Å². The van der Waals surface area contributed by atoms with Crippen molar-refractivity contribution in [3.63, 3.8) is 0 Å². The van der Waals surface area contributed by atoms with Crippen LogP contribution in [0.25, 0.3) is 6.08 Å². The second-order valence-corrected chi connectivity index (χ2v) is 6.60. The maximum Gasteiger partial charge on any atom is 0.325 e. The fourth-order valence-electron chi connectivity index (χ4n) is 2.54. The molecule has 3 N–H and O–H groups in total. The molecule has 1 fully saturated rings. The van der Waals surface area contributed by atoms with Crippen molar-refractivity contribution in [2.24, 2.45) is 0 Å². The van der Waals surface area contributed by atoms with E-state index in [1.807, 2.05) is 19.1 Å². The minimum Gasteiger partial charge on any atom is -0.493 e. The molecule has 1 heterocycles. The zero-order chi connectivity index (χ0) is 20.7. The van der Waals surface area contributed by atoms with Crippen molar-refractivity contribution in [1.29, 1.82) is 0 Å². The lowest BCUT2D eigenvalue weighted by molar-refractivity contribution is -0.131. The predicted molar refractivity (Wildman–Crippen MR) is 102 cm³/mol. The summed E-state index contributed by atoms with van der Waals surface area (Å²) >= 11 is 0. The molecule has 1 aromatic rings. The van der Waals surface area contributed by atoms with Gasteiger partial charge in [-0.1, -0.05) is 18.2 Å². The summed E-state index contributed by atoms with van der Waals surface area (Å²) in [6.07, 6.45) is 2.70. The predicted octanol–water partition coefficient (Wildman–Crippen LogP) is 0.966. The molecule has 1 aliphatic heterocycles. The summed E-state index contributed by atoms with van der Waals surface area (Å²) in [4.78, 5) is 48.5. The minimum absolute atomic E-state index is 0.0760. The molecule has 0 atom stereocenters. The van der Waals surface area contributed by atoms with Gasteiger partial charge in [-0.3, -0.25) is 30.1 Å². The van der Waals surface area contributed by atoms with E-state index in [2.05, 4.69) is 16.2 Å². The minimum atomic E-state index is -0.982. The van der Waals surface area contributed by atoms with E-state index in [-0.39, 0.29) is 13.0 Å². The van der Waals surface area contributed by atoms with E-state index in [9.17, 15) is 19.2 Å². The van der Waals surface area contributed by atoms with Gasteiger partial charge in [0.1, 0.15) is 11.3 Å². The molecule has 0 saturated carbocycles. The Labute approximate surface area is 163 Å². The third-order valence-electron chi connectivity index (χ3n) is 3.97. The Morgan fingerprint density at radius 1 is 1.21 bits per heavy atom. The molecule has 9 heteroatoms. The molecule has 0 aromatic heterocycles. The number of para-hydroxylation sites is 1. The van der Waals surface area contributed by atoms with Gasteiger partial charge in [0, 0.05) is 24.6 Å². The fourth-order valence-corrected chi connectivity index (χ4v) is 2.54. The van der Waals surface area contributed by atoms with Gasteiger partial charge in [-0.25, -0.2) is 4.79 Å². The van der Waals surface area contributed by atoms with Crippen molar-refractivity contribution in [3.05, 3.63) is 35.9 Å². The number of benzene rings is 1. The number of amides is 5. The quantitative estimate of drug-likeness (QED) is 0.366. The number of ether oxygens (including phenoxy) is 1. The van der Waals surface area contributed by atoms with Crippen LogP contribution in [0.1, 0.15) is 32.8 Å². The van der Waals surface area contributed by atoms with Crippen LogP contribution in [0.4, 0.5) is 4.79 Å². The number of hydrazine groups is 1. The number of rotatable bonds is 7. The maximum absolute atomic E-state index is 12.0. The van der Waals surface area contributed by atoms with Gasteiger partial charge in [-0.15, -0.1) is 0 Å². The highest BCUT2D eigenvalue weighted by Gasteiger charge is 2.43. The first kappa shape index (κ1) is 20.9. The van der Waals surface area contributed by atoms with Crippen LogP contribution in [-0.2, 0) is 14.4 Å². The number of hydrogen-bond donors (Lipinski definition) is 3.